The van der Waals surface area contributed by atoms with E-state index in [0.29, 0.717) is 24.6 Å². The summed E-state index contributed by atoms with van der Waals surface area (Å²) < 4.78 is 32.4. The van der Waals surface area contributed by atoms with Crippen molar-refractivity contribution in [2.24, 2.45) is 5.92 Å². The quantitative estimate of drug-likeness (QED) is 0.519. The highest BCUT2D eigenvalue weighted by Crippen LogP contribution is 2.24. The van der Waals surface area contributed by atoms with Gasteiger partial charge in [0.2, 0.25) is 10.0 Å². The lowest BCUT2D eigenvalue weighted by molar-refractivity contribution is -0.143. The van der Waals surface area contributed by atoms with Crippen LogP contribution in [0.2, 0.25) is 0 Å². The minimum absolute atomic E-state index is 0.0691. The van der Waals surface area contributed by atoms with Gasteiger partial charge in [0.15, 0.2) is 0 Å². The predicted octanol–water partition coefficient (Wildman–Crippen LogP) is 3.10. The molecule has 1 amide bonds. The Labute approximate surface area is 195 Å². The van der Waals surface area contributed by atoms with E-state index in [-0.39, 0.29) is 42.9 Å². The number of hydrogen-bond acceptors (Lipinski definition) is 6. The van der Waals surface area contributed by atoms with Gasteiger partial charge in [0.1, 0.15) is 0 Å². The van der Waals surface area contributed by atoms with Crippen LogP contribution in [0.3, 0.4) is 0 Å². The highest BCUT2D eigenvalue weighted by Gasteiger charge is 2.28. The smallest absolute Gasteiger partial charge is 0.307 e. The third-order valence-electron chi connectivity index (χ3n) is 5.76. The molecule has 3 rings (SSSR count). The average molecular weight is 474 g/mol. The van der Waals surface area contributed by atoms with Gasteiger partial charge in [-0.05, 0) is 61.6 Å². The first-order valence-corrected chi connectivity index (χ1v) is 12.7. The number of rotatable bonds is 9. The normalized spacial score (nSPS) is 15.2. The van der Waals surface area contributed by atoms with Crippen molar-refractivity contribution >= 4 is 21.9 Å². The molecule has 2 aromatic rings. The van der Waals surface area contributed by atoms with Gasteiger partial charge in [-0.25, -0.2) is 8.42 Å². The van der Waals surface area contributed by atoms with E-state index in [1.807, 2.05) is 6.07 Å². The lowest BCUT2D eigenvalue weighted by Gasteiger charge is -2.29. The predicted molar refractivity (Wildman–Crippen MR) is 124 cm³/mol. The third-order valence-corrected chi connectivity index (χ3v) is 7.67. The number of pyridine rings is 1. The summed E-state index contributed by atoms with van der Waals surface area (Å²) in [5.74, 6) is -0.144. The van der Waals surface area contributed by atoms with Crippen LogP contribution in [-0.2, 0) is 26.1 Å². The molecule has 0 unspecified atom stereocenters. The van der Waals surface area contributed by atoms with Gasteiger partial charge in [-0.3, -0.25) is 14.6 Å². The highest BCUT2D eigenvalue weighted by atomic mass is 32.2. The summed E-state index contributed by atoms with van der Waals surface area (Å²) >= 11 is 0. The molecule has 0 aliphatic carbocycles. The van der Waals surface area contributed by atoms with Gasteiger partial charge in [0.25, 0.3) is 5.91 Å². The standard InChI is InChI=1S/C24H31N3O5S/c1-3-32-23(28)12-14-26(18-20-5-4-13-25-17-20)24(29)21-6-8-22(9-7-21)33(30,31)27-15-10-19(2)11-16-27/h4-9,13,17,19H,3,10-12,14-16,18H2,1-2H3. The summed E-state index contributed by atoms with van der Waals surface area (Å²) in [4.78, 5) is 30.9. The molecule has 1 aliphatic rings. The molecule has 0 saturated carbocycles. The van der Waals surface area contributed by atoms with Crippen LogP contribution in [-0.4, -0.2) is 60.7 Å². The number of benzene rings is 1. The summed E-state index contributed by atoms with van der Waals surface area (Å²) in [5.41, 5.74) is 1.18. The number of sulfonamides is 1. The van der Waals surface area contributed by atoms with Crippen LogP contribution in [0.15, 0.2) is 53.7 Å². The van der Waals surface area contributed by atoms with E-state index in [2.05, 4.69) is 11.9 Å². The number of hydrogen-bond donors (Lipinski definition) is 0. The summed E-state index contributed by atoms with van der Waals surface area (Å²) in [7, 11) is -3.59. The van der Waals surface area contributed by atoms with Crippen LogP contribution >= 0.6 is 0 Å². The molecule has 0 radical (unpaired) electrons. The van der Waals surface area contributed by atoms with Crippen molar-refractivity contribution in [3.63, 3.8) is 0 Å². The first-order chi connectivity index (χ1) is 15.8. The molecule has 0 bridgehead atoms. The Balaban J connectivity index is 1.75. The van der Waals surface area contributed by atoms with Crippen molar-refractivity contribution in [2.45, 2.75) is 44.6 Å². The number of esters is 1. The first kappa shape index (κ1) is 24.9. The Morgan fingerprint density at radius 1 is 1.15 bits per heavy atom. The summed E-state index contributed by atoms with van der Waals surface area (Å²) in [6.45, 7) is 5.62. The molecule has 2 heterocycles. The van der Waals surface area contributed by atoms with E-state index in [4.69, 9.17) is 4.74 Å². The number of carbonyl (C=O) groups excluding carboxylic acids is 2. The van der Waals surface area contributed by atoms with Crippen molar-refractivity contribution in [1.82, 2.24) is 14.2 Å². The Morgan fingerprint density at radius 3 is 2.45 bits per heavy atom. The maximum absolute atomic E-state index is 13.2. The zero-order valence-electron chi connectivity index (χ0n) is 19.1. The van der Waals surface area contributed by atoms with Gasteiger partial charge in [-0.15, -0.1) is 0 Å². The molecule has 0 N–H and O–H groups in total. The number of aromatic nitrogens is 1. The van der Waals surface area contributed by atoms with Crippen LogP contribution in [0, 0.1) is 5.92 Å². The van der Waals surface area contributed by atoms with Gasteiger partial charge in [0.05, 0.1) is 17.9 Å². The monoisotopic (exact) mass is 473 g/mol. The van der Waals surface area contributed by atoms with Gasteiger partial charge in [-0.2, -0.15) is 4.31 Å². The Hall–Kier alpha value is -2.78. The number of piperidine rings is 1. The molecule has 1 aliphatic heterocycles. The largest absolute Gasteiger partial charge is 0.466 e. The minimum atomic E-state index is -3.59. The summed E-state index contributed by atoms with van der Waals surface area (Å²) in [6.07, 6.45) is 5.08. The fraction of sp³-hybridized carbons (Fsp3) is 0.458. The van der Waals surface area contributed by atoms with Crippen LogP contribution < -0.4 is 0 Å². The number of carbonyl (C=O) groups is 2. The van der Waals surface area contributed by atoms with Crippen LogP contribution in [0.25, 0.3) is 0 Å². The Bertz CT molecular complexity index is 1030. The molecule has 33 heavy (non-hydrogen) atoms. The van der Waals surface area contributed by atoms with Crippen molar-refractivity contribution in [2.75, 3.05) is 26.2 Å². The highest BCUT2D eigenvalue weighted by molar-refractivity contribution is 7.89. The fourth-order valence-electron chi connectivity index (χ4n) is 3.75. The lowest BCUT2D eigenvalue weighted by atomic mass is 10.0. The molecule has 9 heteroatoms. The van der Waals surface area contributed by atoms with Crippen LogP contribution in [0.4, 0.5) is 0 Å². The third kappa shape index (κ3) is 6.61. The van der Waals surface area contributed by atoms with E-state index in [1.54, 1.807) is 30.3 Å². The zero-order chi connectivity index (χ0) is 23.8. The van der Waals surface area contributed by atoms with Crippen molar-refractivity contribution < 1.29 is 22.7 Å². The molecular formula is C24H31N3O5S. The fourth-order valence-corrected chi connectivity index (χ4v) is 5.22. The maximum Gasteiger partial charge on any atom is 0.307 e. The van der Waals surface area contributed by atoms with E-state index >= 15 is 0 Å². The van der Waals surface area contributed by atoms with Crippen molar-refractivity contribution in [3.8, 4) is 0 Å². The lowest BCUT2D eigenvalue weighted by Crippen LogP contribution is -2.37. The topological polar surface area (TPSA) is 96.9 Å². The van der Waals surface area contributed by atoms with Gasteiger partial charge in [0, 0.05) is 44.1 Å². The van der Waals surface area contributed by atoms with Crippen molar-refractivity contribution in [1.29, 1.82) is 0 Å². The Kier molecular flexibility index (Phi) is 8.57. The Morgan fingerprint density at radius 2 is 1.85 bits per heavy atom. The van der Waals surface area contributed by atoms with E-state index < -0.39 is 10.0 Å². The second-order valence-electron chi connectivity index (χ2n) is 8.25. The second-order valence-corrected chi connectivity index (χ2v) is 10.2. The molecule has 178 valence electrons. The van der Waals surface area contributed by atoms with Crippen molar-refractivity contribution in [3.05, 3.63) is 59.9 Å². The second kappa shape index (κ2) is 11.4. The maximum atomic E-state index is 13.2. The summed E-state index contributed by atoms with van der Waals surface area (Å²) in [6, 6.07) is 9.66. The zero-order valence-corrected chi connectivity index (χ0v) is 20.0. The molecule has 8 nitrogen and oxygen atoms in total. The molecule has 1 aromatic heterocycles. The van der Waals surface area contributed by atoms with Gasteiger partial charge in [-0.1, -0.05) is 13.0 Å². The van der Waals surface area contributed by atoms with Crippen LogP contribution in [0.5, 0.6) is 0 Å². The van der Waals surface area contributed by atoms with Gasteiger partial charge < -0.3 is 9.64 Å². The number of ether oxygens (including phenoxy) is 1. The first-order valence-electron chi connectivity index (χ1n) is 11.2. The number of amides is 1. The number of nitrogens with zero attached hydrogens (tertiary/aromatic N) is 3. The molecule has 1 aromatic carbocycles. The molecular weight excluding hydrogens is 442 g/mol. The SMILES string of the molecule is CCOC(=O)CCN(Cc1cccnc1)C(=O)c1ccc(S(=O)(=O)N2CCC(C)CC2)cc1. The molecule has 0 atom stereocenters. The molecule has 1 saturated heterocycles. The van der Waals surface area contributed by atoms with E-state index in [9.17, 15) is 18.0 Å². The molecule has 0 spiro atoms. The van der Waals surface area contributed by atoms with E-state index in [1.165, 1.54) is 28.6 Å². The van der Waals surface area contributed by atoms with Gasteiger partial charge >= 0.3 is 5.97 Å². The molecule has 1 fully saturated rings. The average Bonchev–Trinajstić information content (AvgIpc) is 2.82. The van der Waals surface area contributed by atoms with E-state index in [0.717, 1.165) is 18.4 Å². The van der Waals surface area contributed by atoms with Crippen LogP contribution in [0.1, 0.15) is 49.0 Å². The minimum Gasteiger partial charge on any atom is -0.466 e. The summed E-state index contributed by atoms with van der Waals surface area (Å²) in [5, 5.41) is 0.